The molecule has 0 N–H and O–H groups in total. The van der Waals surface area contributed by atoms with Crippen LogP contribution in [0.2, 0.25) is 0 Å². The van der Waals surface area contributed by atoms with Crippen LogP contribution in [0.3, 0.4) is 0 Å². The van der Waals surface area contributed by atoms with Crippen LogP contribution in [0.5, 0.6) is 0 Å². The van der Waals surface area contributed by atoms with Gasteiger partial charge < -0.3 is 19.1 Å². The van der Waals surface area contributed by atoms with E-state index in [1.165, 1.54) is 24.1 Å². The molecule has 0 bridgehead atoms. The van der Waals surface area contributed by atoms with E-state index >= 15 is 0 Å². The SMILES string of the molecule is CC(c1cc(B2OC(C)(C)C(C)(C)O2)cc(N2CCCC2C)c1)N(C)C. The Morgan fingerprint density at radius 2 is 1.73 bits per heavy atom. The van der Waals surface area contributed by atoms with Crippen molar-refractivity contribution in [2.24, 2.45) is 0 Å². The highest BCUT2D eigenvalue weighted by Crippen LogP contribution is 2.37. The molecule has 2 saturated heterocycles. The standard InChI is InChI=1S/C21H35BN2O2/c1-15-10-9-11-24(15)19-13-17(16(2)23(7)8)12-18(14-19)22-25-20(3,4)21(5,6)26-22/h12-16H,9-11H2,1-8H3. The lowest BCUT2D eigenvalue weighted by molar-refractivity contribution is 0.00578. The smallest absolute Gasteiger partial charge is 0.399 e. The van der Waals surface area contributed by atoms with Crippen LogP contribution in [0.1, 0.15) is 66.0 Å². The van der Waals surface area contributed by atoms with Crippen LogP contribution in [0.25, 0.3) is 0 Å². The fraction of sp³-hybridized carbons (Fsp3) is 0.714. The second-order valence-electron chi connectivity index (χ2n) is 9.27. The molecule has 2 aliphatic heterocycles. The van der Waals surface area contributed by atoms with Crippen LogP contribution >= 0.6 is 0 Å². The summed E-state index contributed by atoms with van der Waals surface area (Å²) in [5.74, 6) is 0. The maximum atomic E-state index is 6.34. The lowest BCUT2D eigenvalue weighted by atomic mass is 9.77. The molecule has 2 unspecified atom stereocenters. The van der Waals surface area contributed by atoms with Gasteiger partial charge in [0.15, 0.2) is 0 Å². The highest BCUT2D eigenvalue weighted by Gasteiger charge is 2.51. The average molecular weight is 358 g/mol. The maximum Gasteiger partial charge on any atom is 0.494 e. The maximum absolute atomic E-state index is 6.34. The quantitative estimate of drug-likeness (QED) is 0.768. The van der Waals surface area contributed by atoms with Gasteiger partial charge in [0, 0.05) is 24.3 Å². The zero-order chi connectivity index (χ0) is 19.3. The zero-order valence-corrected chi connectivity index (χ0v) is 17.8. The normalized spacial score (nSPS) is 26.0. The molecule has 0 saturated carbocycles. The van der Waals surface area contributed by atoms with E-state index in [9.17, 15) is 0 Å². The van der Waals surface area contributed by atoms with E-state index in [0.717, 1.165) is 12.0 Å². The van der Waals surface area contributed by atoms with E-state index in [2.05, 4.69) is 83.6 Å². The molecule has 26 heavy (non-hydrogen) atoms. The molecule has 144 valence electrons. The molecule has 5 heteroatoms. The summed E-state index contributed by atoms with van der Waals surface area (Å²) in [6.45, 7) is 14.2. The third-order valence-electron chi connectivity index (χ3n) is 6.63. The molecular weight excluding hydrogens is 323 g/mol. The molecule has 2 heterocycles. The first kappa shape index (κ1) is 19.7. The summed E-state index contributed by atoms with van der Waals surface area (Å²) < 4.78 is 12.7. The molecule has 2 atom stereocenters. The predicted molar refractivity (Wildman–Crippen MR) is 110 cm³/mol. The van der Waals surface area contributed by atoms with Gasteiger partial charge in [0.25, 0.3) is 0 Å². The highest BCUT2D eigenvalue weighted by molar-refractivity contribution is 6.62. The predicted octanol–water partition coefficient (Wildman–Crippen LogP) is 3.60. The molecule has 4 nitrogen and oxygen atoms in total. The van der Waals surface area contributed by atoms with Gasteiger partial charge in [-0.15, -0.1) is 0 Å². The summed E-state index contributed by atoms with van der Waals surface area (Å²) in [4.78, 5) is 4.78. The Morgan fingerprint density at radius 3 is 2.23 bits per heavy atom. The highest BCUT2D eigenvalue weighted by atomic mass is 16.7. The van der Waals surface area contributed by atoms with E-state index in [-0.39, 0.29) is 18.3 Å². The second-order valence-corrected chi connectivity index (χ2v) is 9.27. The minimum atomic E-state index is -0.318. The number of anilines is 1. The Kier molecular flexibility index (Phi) is 5.19. The number of benzene rings is 1. The van der Waals surface area contributed by atoms with Gasteiger partial charge in [-0.2, -0.15) is 0 Å². The monoisotopic (exact) mass is 358 g/mol. The molecule has 0 spiro atoms. The van der Waals surface area contributed by atoms with Gasteiger partial charge in [0.2, 0.25) is 0 Å². The van der Waals surface area contributed by atoms with Crippen LogP contribution in [0, 0.1) is 0 Å². The molecule has 3 rings (SSSR count). The van der Waals surface area contributed by atoms with Gasteiger partial charge in [-0.25, -0.2) is 0 Å². The molecule has 1 aromatic carbocycles. The van der Waals surface area contributed by atoms with Crippen LogP contribution in [0.4, 0.5) is 5.69 Å². The molecular formula is C21H35BN2O2. The number of hydrogen-bond acceptors (Lipinski definition) is 4. The van der Waals surface area contributed by atoms with Crippen molar-refractivity contribution in [1.29, 1.82) is 0 Å². The second kappa shape index (κ2) is 6.85. The van der Waals surface area contributed by atoms with E-state index in [0.29, 0.717) is 12.1 Å². The van der Waals surface area contributed by atoms with Gasteiger partial charge in [0.1, 0.15) is 0 Å². The van der Waals surface area contributed by atoms with Crippen LogP contribution in [-0.2, 0) is 9.31 Å². The van der Waals surface area contributed by atoms with Crippen molar-refractivity contribution < 1.29 is 9.31 Å². The first-order valence-corrected chi connectivity index (χ1v) is 9.95. The number of nitrogens with zero attached hydrogens (tertiary/aromatic N) is 2. The minimum absolute atomic E-state index is 0.314. The molecule has 0 aromatic heterocycles. The molecule has 1 aromatic rings. The van der Waals surface area contributed by atoms with Gasteiger partial charge in [0.05, 0.1) is 11.2 Å². The molecule has 2 aliphatic rings. The summed E-state index contributed by atoms with van der Waals surface area (Å²) in [5.41, 5.74) is 3.11. The molecule has 2 fully saturated rings. The van der Waals surface area contributed by atoms with Crippen LogP contribution in [0.15, 0.2) is 18.2 Å². The Labute approximate surface area is 160 Å². The lowest BCUT2D eigenvalue weighted by Crippen LogP contribution is -2.41. The first-order valence-electron chi connectivity index (χ1n) is 9.95. The largest absolute Gasteiger partial charge is 0.494 e. The molecule has 0 aliphatic carbocycles. The van der Waals surface area contributed by atoms with Crippen molar-refractivity contribution in [3.8, 4) is 0 Å². The summed E-state index contributed by atoms with van der Waals surface area (Å²) in [6, 6.07) is 7.81. The van der Waals surface area contributed by atoms with Crippen molar-refractivity contribution in [3.63, 3.8) is 0 Å². The Hall–Kier alpha value is -1.04. The average Bonchev–Trinajstić information content (AvgIpc) is 3.06. The third-order valence-corrected chi connectivity index (χ3v) is 6.63. The Morgan fingerprint density at radius 1 is 1.12 bits per heavy atom. The van der Waals surface area contributed by atoms with E-state index in [1.807, 2.05) is 0 Å². The van der Waals surface area contributed by atoms with E-state index in [1.54, 1.807) is 0 Å². The van der Waals surface area contributed by atoms with Gasteiger partial charge in [-0.05, 0) is 91.6 Å². The van der Waals surface area contributed by atoms with Crippen molar-refractivity contribution in [3.05, 3.63) is 23.8 Å². The third kappa shape index (κ3) is 3.54. The van der Waals surface area contributed by atoms with E-state index < -0.39 is 0 Å². The van der Waals surface area contributed by atoms with Crippen molar-refractivity contribution >= 4 is 18.3 Å². The van der Waals surface area contributed by atoms with Gasteiger partial charge >= 0.3 is 7.12 Å². The lowest BCUT2D eigenvalue weighted by Gasteiger charge is -2.32. The Bertz CT molecular complexity index is 643. The summed E-state index contributed by atoms with van der Waals surface area (Å²) >= 11 is 0. The first-order chi connectivity index (χ1) is 12.0. The summed E-state index contributed by atoms with van der Waals surface area (Å²) in [7, 11) is 3.94. The summed E-state index contributed by atoms with van der Waals surface area (Å²) in [5, 5.41) is 0. The molecule has 0 amide bonds. The number of hydrogen-bond donors (Lipinski definition) is 0. The number of rotatable bonds is 4. The van der Waals surface area contributed by atoms with Crippen molar-refractivity contribution in [2.75, 3.05) is 25.5 Å². The van der Waals surface area contributed by atoms with Gasteiger partial charge in [-0.3, -0.25) is 0 Å². The van der Waals surface area contributed by atoms with Crippen molar-refractivity contribution in [2.45, 2.75) is 77.7 Å². The van der Waals surface area contributed by atoms with Crippen molar-refractivity contribution in [1.82, 2.24) is 4.90 Å². The summed E-state index contributed by atoms with van der Waals surface area (Å²) in [6.07, 6.45) is 2.53. The van der Waals surface area contributed by atoms with E-state index in [4.69, 9.17) is 9.31 Å². The minimum Gasteiger partial charge on any atom is -0.399 e. The zero-order valence-electron chi connectivity index (χ0n) is 17.8. The fourth-order valence-electron chi connectivity index (χ4n) is 3.80. The molecule has 0 radical (unpaired) electrons. The Balaban J connectivity index is 2.00. The van der Waals surface area contributed by atoms with Crippen LogP contribution < -0.4 is 10.4 Å². The fourth-order valence-corrected chi connectivity index (χ4v) is 3.80. The topological polar surface area (TPSA) is 24.9 Å². The van der Waals surface area contributed by atoms with Crippen LogP contribution in [-0.4, -0.2) is 49.9 Å². The van der Waals surface area contributed by atoms with Gasteiger partial charge in [-0.1, -0.05) is 6.07 Å².